The molecule has 180 valence electrons. The number of hydrogen-bond acceptors (Lipinski definition) is 5. The van der Waals surface area contributed by atoms with Crippen LogP contribution in [0.2, 0.25) is 0 Å². The average molecular weight is 459 g/mol. The summed E-state index contributed by atoms with van der Waals surface area (Å²) in [6.07, 6.45) is 10.6. The minimum Gasteiger partial charge on any atom is -0.473 e. The normalized spacial score (nSPS) is 18.6. The molecule has 33 heavy (non-hydrogen) atoms. The van der Waals surface area contributed by atoms with E-state index < -0.39 is 23.3 Å². The van der Waals surface area contributed by atoms with E-state index in [4.69, 9.17) is 9.47 Å². The number of ether oxygens (including phenoxy) is 2. The van der Waals surface area contributed by atoms with Crippen LogP contribution in [0.3, 0.4) is 0 Å². The second-order valence-electron chi connectivity index (χ2n) is 9.80. The molecule has 0 aliphatic heterocycles. The molecule has 1 heterocycles. The summed E-state index contributed by atoms with van der Waals surface area (Å²) in [5.41, 5.74) is 0.749. The van der Waals surface area contributed by atoms with Crippen LogP contribution >= 0.6 is 0 Å². The van der Waals surface area contributed by atoms with Gasteiger partial charge >= 0.3 is 5.97 Å². The predicted octanol–water partition coefficient (Wildman–Crippen LogP) is 5.58. The molecule has 2 fully saturated rings. The molecule has 1 unspecified atom stereocenters. The van der Waals surface area contributed by atoms with Gasteiger partial charge in [0.05, 0.1) is 29.9 Å². The van der Waals surface area contributed by atoms with E-state index in [9.17, 15) is 9.59 Å². The smallest absolute Gasteiger partial charge is 0.347 e. The number of esters is 1. The van der Waals surface area contributed by atoms with Crippen molar-refractivity contribution in [1.29, 1.82) is 0 Å². The molecule has 4 rings (SSSR count). The van der Waals surface area contributed by atoms with Crippen LogP contribution in [0, 0.1) is 11.7 Å². The largest absolute Gasteiger partial charge is 0.473 e. The van der Waals surface area contributed by atoms with Gasteiger partial charge in [-0.3, -0.25) is 4.79 Å². The molecule has 1 atom stereocenters. The van der Waals surface area contributed by atoms with Crippen molar-refractivity contribution in [3.63, 3.8) is 0 Å². The minimum atomic E-state index is -0.908. The van der Waals surface area contributed by atoms with Crippen molar-refractivity contribution in [2.24, 2.45) is 5.92 Å². The van der Waals surface area contributed by atoms with Gasteiger partial charge < -0.3 is 19.4 Å². The van der Waals surface area contributed by atoms with Crippen LogP contribution in [-0.4, -0.2) is 29.8 Å². The lowest BCUT2D eigenvalue weighted by Crippen LogP contribution is -2.35. The Bertz CT molecular complexity index is 1050. The Labute approximate surface area is 194 Å². The van der Waals surface area contributed by atoms with Crippen LogP contribution in [-0.2, 0) is 9.53 Å². The van der Waals surface area contributed by atoms with Gasteiger partial charge in [0.2, 0.25) is 5.43 Å². The summed E-state index contributed by atoms with van der Waals surface area (Å²) >= 11 is 0. The first-order chi connectivity index (χ1) is 15.9. The van der Waals surface area contributed by atoms with Crippen molar-refractivity contribution < 1.29 is 18.7 Å². The number of anilines is 1. The first-order valence-electron chi connectivity index (χ1n) is 12.3. The summed E-state index contributed by atoms with van der Waals surface area (Å²) in [5, 5.41) is 3.66. The summed E-state index contributed by atoms with van der Waals surface area (Å²) in [6, 6.07) is 3.57. The van der Waals surface area contributed by atoms with Gasteiger partial charge in [0.25, 0.3) is 0 Å². The number of carbonyl (C=O) groups excluding carboxylic acids is 1. The fraction of sp³-hybridized carbons (Fsp3) is 0.615. The molecule has 0 amide bonds. The molecule has 1 N–H and O–H groups in total. The molecule has 0 radical (unpaired) electrons. The molecule has 0 spiro atoms. The fourth-order valence-corrected chi connectivity index (χ4v) is 5.20. The van der Waals surface area contributed by atoms with Gasteiger partial charge in [-0.15, -0.1) is 0 Å². The van der Waals surface area contributed by atoms with Gasteiger partial charge in [-0.1, -0.05) is 46.0 Å². The van der Waals surface area contributed by atoms with Gasteiger partial charge in [-0.2, -0.15) is 0 Å². The van der Waals surface area contributed by atoms with Crippen LogP contribution < -0.4 is 15.5 Å². The predicted molar refractivity (Wildman–Crippen MR) is 127 cm³/mol. The van der Waals surface area contributed by atoms with Crippen LogP contribution in [0.15, 0.2) is 23.1 Å². The third-order valence-electron chi connectivity index (χ3n) is 7.06. The van der Waals surface area contributed by atoms with E-state index in [-0.39, 0.29) is 29.1 Å². The molecule has 2 saturated carbocycles. The maximum absolute atomic E-state index is 15.1. The number of benzene rings is 1. The van der Waals surface area contributed by atoms with Crippen LogP contribution in [0.5, 0.6) is 5.75 Å². The van der Waals surface area contributed by atoms with Gasteiger partial charge in [-0.25, -0.2) is 9.18 Å². The summed E-state index contributed by atoms with van der Waals surface area (Å²) < 4.78 is 28.0. The zero-order chi connectivity index (χ0) is 23.5. The summed E-state index contributed by atoms with van der Waals surface area (Å²) in [7, 11) is 1.30. The maximum atomic E-state index is 15.1. The Kier molecular flexibility index (Phi) is 7.25. The monoisotopic (exact) mass is 458 g/mol. The quantitative estimate of drug-likeness (QED) is 0.549. The molecule has 2 aromatic rings. The van der Waals surface area contributed by atoms with Crippen molar-refractivity contribution in [2.45, 2.75) is 89.8 Å². The molecule has 1 aromatic heterocycles. The summed E-state index contributed by atoms with van der Waals surface area (Å²) in [5.74, 6) is -1.10. The number of methoxy groups -OCH3 is 1. The van der Waals surface area contributed by atoms with E-state index >= 15 is 4.39 Å². The lowest BCUT2D eigenvalue weighted by Gasteiger charge is -2.26. The van der Waals surface area contributed by atoms with E-state index in [1.807, 2.05) is 13.8 Å². The third kappa shape index (κ3) is 5.02. The molecular formula is C26H35FN2O4. The molecule has 2 aliphatic carbocycles. The van der Waals surface area contributed by atoms with E-state index in [0.717, 1.165) is 51.4 Å². The number of carbonyl (C=O) groups is 1. The zero-order valence-corrected chi connectivity index (χ0v) is 19.9. The Morgan fingerprint density at radius 1 is 1.09 bits per heavy atom. The maximum Gasteiger partial charge on any atom is 0.347 e. The van der Waals surface area contributed by atoms with Crippen molar-refractivity contribution in [3.8, 4) is 5.75 Å². The molecule has 1 aromatic carbocycles. The minimum absolute atomic E-state index is 0.0610. The van der Waals surface area contributed by atoms with Crippen LogP contribution in [0.1, 0.15) is 77.7 Å². The van der Waals surface area contributed by atoms with E-state index in [1.54, 1.807) is 12.3 Å². The highest BCUT2D eigenvalue weighted by molar-refractivity contribution is 5.84. The average Bonchev–Trinajstić information content (AvgIpc) is 3.34. The van der Waals surface area contributed by atoms with Gasteiger partial charge in [0.15, 0.2) is 11.9 Å². The Balaban J connectivity index is 1.79. The number of pyridine rings is 1. The fourth-order valence-electron chi connectivity index (χ4n) is 5.20. The van der Waals surface area contributed by atoms with Crippen molar-refractivity contribution in [3.05, 3.63) is 34.4 Å². The van der Waals surface area contributed by atoms with Crippen molar-refractivity contribution >= 4 is 22.6 Å². The van der Waals surface area contributed by atoms with E-state index in [0.29, 0.717) is 11.2 Å². The Morgan fingerprint density at radius 3 is 2.39 bits per heavy atom. The third-order valence-corrected chi connectivity index (χ3v) is 7.06. The Morgan fingerprint density at radius 2 is 1.76 bits per heavy atom. The van der Waals surface area contributed by atoms with Crippen LogP contribution in [0.4, 0.5) is 10.1 Å². The van der Waals surface area contributed by atoms with E-state index in [2.05, 4.69) is 9.88 Å². The lowest BCUT2D eigenvalue weighted by molar-refractivity contribution is -0.150. The van der Waals surface area contributed by atoms with Crippen molar-refractivity contribution in [1.82, 2.24) is 4.57 Å². The highest BCUT2D eigenvalue weighted by Crippen LogP contribution is 2.35. The van der Waals surface area contributed by atoms with Crippen molar-refractivity contribution in [2.75, 3.05) is 12.4 Å². The first-order valence-corrected chi connectivity index (χ1v) is 12.3. The summed E-state index contributed by atoms with van der Waals surface area (Å²) in [4.78, 5) is 25.6. The van der Waals surface area contributed by atoms with Crippen LogP contribution in [0.25, 0.3) is 10.9 Å². The summed E-state index contributed by atoms with van der Waals surface area (Å²) in [6.45, 7) is 3.67. The number of fused-ring (bicyclic) bond motifs is 1. The topological polar surface area (TPSA) is 69.6 Å². The number of nitrogens with zero attached hydrogens (tertiary/aromatic N) is 1. The van der Waals surface area contributed by atoms with E-state index in [1.165, 1.54) is 19.6 Å². The Hall–Kier alpha value is -2.57. The number of rotatable bonds is 7. The van der Waals surface area contributed by atoms with Gasteiger partial charge in [0.1, 0.15) is 5.82 Å². The number of aromatic nitrogens is 1. The highest BCUT2D eigenvalue weighted by atomic mass is 19.1. The zero-order valence-electron chi connectivity index (χ0n) is 19.9. The molecule has 0 saturated heterocycles. The molecule has 2 aliphatic rings. The van der Waals surface area contributed by atoms with Gasteiger partial charge in [0, 0.05) is 18.0 Å². The number of halogens is 1. The molecule has 7 heteroatoms. The number of nitrogens with one attached hydrogen (secondary N) is 1. The lowest BCUT2D eigenvalue weighted by atomic mass is 9.95. The number of hydrogen-bond donors (Lipinski definition) is 1. The second kappa shape index (κ2) is 10.1. The molecule has 0 bridgehead atoms. The SMILES string of the molecule is COC(=O)C(Oc1cn(C2CCCC2)c2cc(NC3CCCCC3)c(F)cc2c1=O)C(C)C. The van der Waals surface area contributed by atoms with Gasteiger partial charge in [-0.05, 0) is 37.8 Å². The molecule has 6 nitrogen and oxygen atoms in total. The molecular weight excluding hydrogens is 423 g/mol. The second-order valence-corrected chi connectivity index (χ2v) is 9.80. The standard InChI is InChI=1S/C26H35FN2O4/c1-16(2)25(26(31)32-3)33-23-15-29(18-11-7-8-12-18)22-14-21(20(27)13-19(22)24(23)30)28-17-9-5-4-6-10-17/h13-18,25,28H,4-12H2,1-3H3. The first kappa shape index (κ1) is 23.6. The highest BCUT2D eigenvalue weighted by Gasteiger charge is 2.28.